The molecule has 0 aliphatic carbocycles. The van der Waals surface area contributed by atoms with Crippen LogP contribution in [0.4, 0.5) is 0 Å². The smallest absolute Gasteiger partial charge is 0.375 e. The van der Waals surface area contributed by atoms with Crippen LogP contribution in [0, 0.1) is 20.8 Å². The van der Waals surface area contributed by atoms with Crippen LogP contribution in [-0.2, 0) is 6.42 Å². The summed E-state index contributed by atoms with van der Waals surface area (Å²) in [5.41, 5.74) is 5.62. The van der Waals surface area contributed by atoms with Gasteiger partial charge in [0.05, 0.1) is 0 Å². The number of hydrogen-bond donors (Lipinski definition) is 1. The van der Waals surface area contributed by atoms with Crippen LogP contribution in [0.25, 0.3) is 11.3 Å². The monoisotopic (exact) mass is 259 g/mol. The average molecular weight is 259 g/mol. The van der Waals surface area contributed by atoms with Crippen molar-refractivity contribution in [3.8, 4) is 11.3 Å². The van der Waals surface area contributed by atoms with Gasteiger partial charge in [-0.3, -0.25) is 0 Å². The number of rotatable bonds is 3. The summed E-state index contributed by atoms with van der Waals surface area (Å²) in [4.78, 5) is 11.1. The zero-order valence-corrected chi connectivity index (χ0v) is 11.6. The second-order valence-corrected chi connectivity index (χ2v) is 4.77. The molecule has 2 aromatic rings. The maximum atomic E-state index is 11.1. The first-order valence-electron chi connectivity index (χ1n) is 6.25. The molecule has 1 N–H and O–H groups in total. The van der Waals surface area contributed by atoms with E-state index >= 15 is 0 Å². The molecule has 0 radical (unpaired) electrons. The first kappa shape index (κ1) is 13.3. The highest BCUT2D eigenvalue weighted by molar-refractivity contribution is 5.89. The van der Waals surface area contributed by atoms with Crippen molar-refractivity contribution in [2.45, 2.75) is 34.1 Å². The number of aryl methyl sites for hydroxylation is 3. The average Bonchev–Trinajstić information content (AvgIpc) is 2.71. The summed E-state index contributed by atoms with van der Waals surface area (Å²) in [5, 5.41) is 13.1. The van der Waals surface area contributed by atoms with Crippen molar-refractivity contribution in [2.75, 3.05) is 0 Å². The van der Waals surface area contributed by atoms with Crippen LogP contribution >= 0.6 is 0 Å². The van der Waals surface area contributed by atoms with Gasteiger partial charge in [-0.25, -0.2) is 4.79 Å². The largest absolute Gasteiger partial charge is 0.475 e. The molecule has 0 fully saturated rings. The number of carbonyl (C=O) groups is 1. The molecule has 1 aromatic carbocycles. The number of carboxylic acid groups (broad SMARTS) is 1. The molecule has 0 bridgehead atoms. The van der Waals surface area contributed by atoms with E-state index in [0.29, 0.717) is 17.7 Å². The summed E-state index contributed by atoms with van der Waals surface area (Å²) in [6.45, 7) is 7.95. The van der Waals surface area contributed by atoms with E-state index in [2.05, 4.69) is 17.3 Å². The molecule has 0 unspecified atom stereocenters. The third-order valence-corrected chi connectivity index (χ3v) is 3.25. The van der Waals surface area contributed by atoms with Crippen LogP contribution in [0.3, 0.4) is 0 Å². The maximum absolute atomic E-state index is 11.1. The summed E-state index contributed by atoms with van der Waals surface area (Å²) in [7, 11) is 0. The van der Waals surface area contributed by atoms with Crippen LogP contribution in [-0.4, -0.2) is 16.2 Å². The predicted octanol–water partition coefficient (Wildman–Crippen LogP) is 3.53. The fourth-order valence-electron chi connectivity index (χ4n) is 2.56. The first-order chi connectivity index (χ1) is 8.95. The second-order valence-electron chi connectivity index (χ2n) is 4.77. The summed E-state index contributed by atoms with van der Waals surface area (Å²) >= 11 is 0. The van der Waals surface area contributed by atoms with Gasteiger partial charge >= 0.3 is 5.97 Å². The van der Waals surface area contributed by atoms with Gasteiger partial charge in [0, 0.05) is 11.1 Å². The van der Waals surface area contributed by atoms with Crippen molar-refractivity contribution in [1.29, 1.82) is 0 Å². The maximum Gasteiger partial charge on any atom is 0.375 e. The summed E-state index contributed by atoms with van der Waals surface area (Å²) < 4.78 is 4.99. The molecule has 0 aliphatic rings. The van der Waals surface area contributed by atoms with E-state index in [1.165, 1.54) is 5.56 Å². The second kappa shape index (κ2) is 4.88. The summed E-state index contributed by atoms with van der Waals surface area (Å²) in [6.07, 6.45) is 0.577. The SMILES string of the molecule is CCc1c(-c2c(C)cc(C)cc2C)noc1C(=O)O. The number of benzene rings is 1. The topological polar surface area (TPSA) is 63.3 Å². The highest BCUT2D eigenvalue weighted by atomic mass is 16.5. The van der Waals surface area contributed by atoms with E-state index in [9.17, 15) is 4.79 Å². The molecular formula is C15H17NO3. The Morgan fingerprint density at radius 1 is 1.26 bits per heavy atom. The van der Waals surface area contributed by atoms with Crippen molar-refractivity contribution in [1.82, 2.24) is 5.16 Å². The Morgan fingerprint density at radius 3 is 2.32 bits per heavy atom. The lowest BCUT2D eigenvalue weighted by Crippen LogP contribution is -1.99. The molecule has 1 heterocycles. The number of aromatic nitrogens is 1. The third kappa shape index (κ3) is 2.26. The number of hydrogen-bond acceptors (Lipinski definition) is 3. The van der Waals surface area contributed by atoms with Gasteiger partial charge in [-0.1, -0.05) is 29.8 Å². The predicted molar refractivity (Wildman–Crippen MR) is 72.5 cm³/mol. The molecule has 1 aromatic heterocycles. The number of nitrogens with zero attached hydrogens (tertiary/aromatic N) is 1. The van der Waals surface area contributed by atoms with Gasteiger partial charge in [0.2, 0.25) is 5.76 Å². The molecule has 2 rings (SSSR count). The minimum Gasteiger partial charge on any atom is -0.475 e. The zero-order chi connectivity index (χ0) is 14.2. The van der Waals surface area contributed by atoms with E-state index in [1.54, 1.807) is 0 Å². The van der Waals surface area contributed by atoms with E-state index in [-0.39, 0.29) is 5.76 Å². The van der Waals surface area contributed by atoms with Gasteiger partial charge < -0.3 is 9.63 Å². The molecular weight excluding hydrogens is 242 g/mol. The number of aromatic carboxylic acids is 1. The Morgan fingerprint density at radius 2 is 1.84 bits per heavy atom. The van der Waals surface area contributed by atoms with Crippen molar-refractivity contribution in [3.05, 3.63) is 40.1 Å². The molecule has 4 nitrogen and oxygen atoms in total. The van der Waals surface area contributed by atoms with Crippen molar-refractivity contribution in [2.24, 2.45) is 0 Å². The zero-order valence-electron chi connectivity index (χ0n) is 11.6. The van der Waals surface area contributed by atoms with Crippen LogP contribution in [0.5, 0.6) is 0 Å². The van der Waals surface area contributed by atoms with Crippen LogP contribution in [0.1, 0.15) is 39.7 Å². The Hall–Kier alpha value is -2.10. The fourth-order valence-corrected chi connectivity index (χ4v) is 2.56. The number of carboxylic acids is 1. The van der Waals surface area contributed by atoms with Gasteiger partial charge in [-0.05, 0) is 38.3 Å². The first-order valence-corrected chi connectivity index (χ1v) is 6.25. The van der Waals surface area contributed by atoms with Gasteiger partial charge in [-0.2, -0.15) is 0 Å². The minimum atomic E-state index is -1.07. The fraction of sp³-hybridized carbons (Fsp3) is 0.333. The molecule has 19 heavy (non-hydrogen) atoms. The van der Waals surface area contributed by atoms with E-state index < -0.39 is 5.97 Å². The van der Waals surface area contributed by atoms with Gasteiger partial charge in [-0.15, -0.1) is 0 Å². The van der Waals surface area contributed by atoms with Crippen molar-refractivity contribution >= 4 is 5.97 Å². The minimum absolute atomic E-state index is 0.0584. The van der Waals surface area contributed by atoms with Crippen LogP contribution < -0.4 is 0 Å². The summed E-state index contributed by atoms with van der Waals surface area (Å²) in [6, 6.07) is 4.13. The normalized spacial score (nSPS) is 10.7. The van der Waals surface area contributed by atoms with Gasteiger partial charge in [0.1, 0.15) is 5.69 Å². The Kier molecular flexibility index (Phi) is 3.42. The molecule has 0 amide bonds. The third-order valence-electron chi connectivity index (χ3n) is 3.25. The van der Waals surface area contributed by atoms with Gasteiger partial charge in [0.15, 0.2) is 0 Å². The van der Waals surface area contributed by atoms with E-state index in [1.807, 2.05) is 27.7 Å². The van der Waals surface area contributed by atoms with Gasteiger partial charge in [0.25, 0.3) is 0 Å². The van der Waals surface area contributed by atoms with Crippen molar-refractivity contribution in [3.63, 3.8) is 0 Å². The van der Waals surface area contributed by atoms with Crippen LogP contribution in [0.2, 0.25) is 0 Å². The molecule has 100 valence electrons. The van der Waals surface area contributed by atoms with E-state index in [4.69, 9.17) is 9.63 Å². The Labute approximate surface area is 112 Å². The lowest BCUT2D eigenvalue weighted by atomic mass is 9.94. The Bertz CT molecular complexity index is 618. The molecule has 0 spiro atoms. The highest BCUT2D eigenvalue weighted by Gasteiger charge is 2.23. The lowest BCUT2D eigenvalue weighted by molar-refractivity contribution is 0.0650. The standard InChI is InChI=1S/C15H17NO3/c1-5-11-13(16-19-14(11)15(17)18)12-9(3)6-8(2)7-10(12)4/h6-7H,5H2,1-4H3,(H,17,18). The summed E-state index contributed by atoms with van der Waals surface area (Å²) in [5.74, 6) is -1.13. The quantitative estimate of drug-likeness (QED) is 0.915. The van der Waals surface area contributed by atoms with Crippen LogP contribution in [0.15, 0.2) is 16.7 Å². The Balaban J connectivity index is 2.69. The molecule has 0 saturated carbocycles. The molecule has 0 saturated heterocycles. The van der Waals surface area contributed by atoms with Crippen molar-refractivity contribution < 1.29 is 14.4 Å². The highest BCUT2D eigenvalue weighted by Crippen LogP contribution is 2.32. The molecule has 0 atom stereocenters. The molecule has 0 aliphatic heterocycles. The lowest BCUT2D eigenvalue weighted by Gasteiger charge is -2.09. The molecule has 4 heteroatoms. The van der Waals surface area contributed by atoms with E-state index in [0.717, 1.165) is 16.7 Å².